The summed E-state index contributed by atoms with van der Waals surface area (Å²) >= 11 is 6.06. The summed E-state index contributed by atoms with van der Waals surface area (Å²) in [7, 11) is 0. The molecule has 0 saturated heterocycles. The van der Waals surface area contributed by atoms with Crippen LogP contribution in [0.1, 0.15) is 29.8 Å². The molecule has 0 spiro atoms. The highest BCUT2D eigenvalue weighted by molar-refractivity contribution is 6.31. The number of carbonyl (C=O) groups is 3. The zero-order valence-electron chi connectivity index (χ0n) is 16.0. The summed E-state index contributed by atoms with van der Waals surface area (Å²) in [5.74, 6) is -0.674. The highest BCUT2D eigenvalue weighted by Gasteiger charge is 2.18. The summed E-state index contributed by atoms with van der Waals surface area (Å²) in [5.41, 5.74) is 1.21. The summed E-state index contributed by atoms with van der Waals surface area (Å²) in [6, 6.07) is 13.6. The van der Waals surface area contributed by atoms with Crippen LogP contribution < -0.4 is 10.6 Å². The molecule has 148 valence electrons. The van der Waals surface area contributed by atoms with Gasteiger partial charge in [0, 0.05) is 22.7 Å². The van der Waals surface area contributed by atoms with E-state index in [1.807, 2.05) is 19.9 Å². The average molecular weight is 402 g/mol. The molecule has 2 aromatic carbocycles. The van der Waals surface area contributed by atoms with Crippen molar-refractivity contribution in [2.45, 2.75) is 13.8 Å². The van der Waals surface area contributed by atoms with Gasteiger partial charge < -0.3 is 10.6 Å². The number of rotatable bonds is 9. The third-order valence-electron chi connectivity index (χ3n) is 4.09. The number of nitrogens with zero attached hydrogens (tertiary/aromatic N) is 1. The second-order valence-corrected chi connectivity index (χ2v) is 6.63. The van der Waals surface area contributed by atoms with E-state index in [2.05, 4.69) is 10.6 Å². The van der Waals surface area contributed by atoms with Gasteiger partial charge in [-0.2, -0.15) is 0 Å². The number of benzene rings is 2. The normalized spacial score (nSPS) is 10.6. The van der Waals surface area contributed by atoms with Crippen molar-refractivity contribution in [2.75, 3.05) is 31.5 Å². The first kappa shape index (κ1) is 21.6. The van der Waals surface area contributed by atoms with E-state index >= 15 is 0 Å². The van der Waals surface area contributed by atoms with Gasteiger partial charge in [-0.1, -0.05) is 48.9 Å². The largest absolute Gasteiger partial charge is 0.355 e. The van der Waals surface area contributed by atoms with Crippen molar-refractivity contribution in [2.24, 2.45) is 0 Å². The molecule has 0 atom stereocenters. The Kier molecular flexibility index (Phi) is 8.17. The Hall–Kier alpha value is -2.70. The minimum absolute atomic E-state index is 0.0369. The number of hydrogen-bond donors (Lipinski definition) is 2. The van der Waals surface area contributed by atoms with Crippen molar-refractivity contribution >= 4 is 34.9 Å². The van der Waals surface area contributed by atoms with Crippen LogP contribution in [0.15, 0.2) is 48.5 Å². The lowest BCUT2D eigenvalue weighted by molar-refractivity contribution is -0.123. The fourth-order valence-corrected chi connectivity index (χ4v) is 2.86. The molecule has 2 aromatic rings. The number of halogens is 1. The van der Waals surface area contributed by atoms with E-state index < -0.39 is 0 Å². The van der Waals surface area contributed by atoms with E-state index in [1.54, 1.807) is 47.4 Å². The van der Waals surface area contributed by atoms with E-state index in [-0.39, 0.29) is 30.7 Å². The molecule has 0 aliphatic rings. The molecule has 6 nitrogen and oxygen atoms in total. The van der Waals surface area contributed by atoms with Crippen LogP contribution in [-0.4, -0.2) is 48.7 Å². The SMILES string of the molecule is CCNC(=O)CN(CC)CC(=O)Nc1ccc(Cl)cc1C(=O)c1ccccc1. The quantitative estimate of drug-likeness (QED) is 0.633. The molecule has 0 fully saturated rings. The molecule has 2 amide bonds. The van der Waals surface area contributed by atoms with Gasteiger partial charge in [0.15, 0.2) is 5.78 Å². The van der Waals surface area contributed by atoms with Crippen LogP contribution in [0.5, 0.6) is 0 Å². The van der Waals surface area contributed by atoms with Gasteiger partial charge in [0.2, 0.25) is 11.8 Å². The summed E-state index contributed by atoms with van der Waals surface area (Å²) < 4.78 is 0. The van der Waals surface area contributed by atoms with E-state index in [4.69, 9.17) is 11.6 Å². The molecule has 0 unspecified atom stereocenters. The summed E-state index contributed by atoms with van der Waals surface area (Å²) in [4.78, 5) is 38.8. The lowest BCUT2D eigenvalue weighted by Gasteiger charge is -2.19. The molecule has 0 bridgehead atoms. The second-order valence-electron chi connectivity index (χ2n) is 6.19. The van der Waals surface area contributed by atoms with Crippen LogP contribution in [0.2, 0.25) is 5.02 Å². The van der Waals surface area contributed by atoms with Gasteiger partial charge in [-0.3, -0.25) is 19.3 Å². The number of anilines is 1. The predicted octanol–water partition coefficient (Wildman–Crippen LogP) is 2.97. The third kappa shape index (κ3) is 6.18. The van der Waals surface area contributed by atoms with Crippen molar-refractivity contribution in [3.8, 4) is 0 Å². The molecule has 0 aromatic heterocycles. The molecule has 2 rings (SSSR count). The highest BCUT2D eigenvalue weighted by Crippen LogP contribution is 2.23. The van der Waals surface area contributed by atoms with Crippen molar-refractivity contribution in [3.63, 3.8) is 0 Å². The number of amides is 2. The number of likely N-dealkylation sites (N-methyl/N-ethyl adjacent to an activating group) is 2. The predicted molar refractivity (Wildman–Crippen MR) is 111 cm³/mol. The first-order valence-electron chi connectivity index (χ1n) is 9.12. The molecule has 0 aliphatic carbocycles. The fourth-order valence-electron chi connectivity index (χ4n) is 2.69. The Morgan fingerprint density at radius 1 is 0.964 bits per heavy atom. The molecule has 28 heavy (non-hydrogen) atoms. The number of carbonyl (C=O) groups excluding carboxylic acids is 3. The highest BCUT2D eigenvalue weighted by atomic mass is 35.5. The van der Waals surface area contributed by atoms with E-state index in [9.17, 15) is 14.4 Å². The first-order chi connectivity index (χ1) is 13.4. The second kappa shape index (κ2) is 10.6. The van der Waals surface area contributed by atoms with E-state index in [0.29, 0.717) is 34.9 Å². The lowest BCUT2D eigenvalue weighted by atomic mass is 10.0. The van der Waals surface area contributed by atoms with Crippen LogP contribution in [0.3, 0.4) is 0 Å². The van der Waals surface area contributed by atoms with Gasteiger partial charge in [-0.15, -0.1) is 0 Å². The third-order valence-corrected chi connectivity index (χ3v) is 4.33. The Morgan fingerprint density at radius 2 is 1.64 bits per heavy atom. The molecular weight excluding hydrogens is 378 g/mol. The number of nitrogens with one attached hydrogen (secondary N) is 2. The van der Waals surface area contributed by atoms with Gasteiger partial charge >= 0.3 is 0 Å². The minimum atomic E-state index is -0.310. The first-order valence-corrected chi connectivity index (χ1v) is 9.50. The van der Waals surface area contributed by atoms with Crippen LogP contribution >= 0.6 is 11.6 Å². The fraction of sp³-hybridized carbons (Fsp3) is 0.286. The Bertz CT molecular complexity index is 840. The minimum Gasteiger partial charge on any atom is -0.355 e. The standard InChI is InChI=1S/C21H24ClN3O3/c1-3-23-19(26)13-25(4-2)14-20(27)24-18-11-10-16(22)12-17(18)21(28)15-8-6-5-7-9-15/h5-12H,3-4,13-14H2,1-2H3,(H,23,26)(H,24,27). The maximum absolute atomic E-state index is 12.8. The Balaban J connectivity index is 2.14. The molecule has 0 saturated carbocycles. The molecule has 2 N–H and O–H groups in total. The number of hydrogen-bond acceptors (Lipinski definition) is 4. The maximum atomic E-state index is 12.8. The summed E-state index contributed by atoms with van der Waals surface area (Å²) in [5, 5.41) is 5.88. The zero-order chi connectivity index (χ0) is 20.5. The van der Waals surface area contributed by atoms with Crippen molar-refractivity contribution in [1.29, 1.82) is 0 Å². The van der Waals surface area contributed by atoms with Crippen molar-refractivity contribution in [3.05, 3.63) is 64.7 Å². The van der Waals surface area contributed by atoms with Gasteiger partial charge in [-0.25, -0.2) is 0 Å². The van der Waals surface area contributed by atoms with Crippen LogP contribution in [-0.2, 0) is 9.59 Å². The molecule has 0 aliphatic heterocycles. The summed E-state index contributed by atoms with van der Waals surface area (Å²) in [6.07, 6.45) is 0. The van der Waals surface area contributed by atoms with Crippen molar-refractivity contribution in [1.82, 2.24) is 10.2 Å². The molecule has 0 radical (unpaired) electrons. The van der Waals surface area contributed by atoms with Crippen molar-refractivity contribution < 1.29 is 14.4 Å². The maximum Gasteiger partial charge on any atom is 0.238 e. The zero-order valence-corrected chi connectivity index (χ0v) is 16.8. The molecule has 7 heteroatoms. The summed E-state index contributed by atoms with van der Waals surface area (Å²) in [6.45, 7) is 4.97. The van der Waals surface area contributed by atoms with E-state index in [0.717, 1.165) is 0 Å². The average Bonchev–Trinajstić information content (AvgIpc) is 2.69. The smallest absolute Gasteiger partial charge is 0.238 e. The van der Waals surface area contributed by atoms with Crippen LogP contribution in [0.25, 0.3) is 0 Å². The number of ketones is 1. The Labute approximate surface area is 169 Å². The van der Waals surface area contributed by atoms with Crippen LogP contribution in [0.4, 0.5) is 5.69 Å². The van der Waals surface area contributed by atoms with Crippen LogP contribution in [0, 0.1) is 0 Å². The van der Waals surface area contributed by atoms with Gasteiger partial charge in [0.1, 0.15) is 0 Å². The monoisotopic (exact) mass is 401 g/mol. The van der Waals surface area contributed by atoms with Gasteiger partial charge in [0.25, 0.3) is 0 Å². The van der Waals surface area contributed by atoms with Gasteiger partial charge in [0.05, 0.1) is 18.8 Å². The Morgan fingerprint density at radius 3 is 2.29 bits per heavy atom. The van der Waals surface area contributed by atoms with E-state index in [1.165, 1.54) is 0 Å². The lowest BCUT2D eigenvalue weighted by Crippen LogP contribution is -2.41. The topological polar surface area (TPSA) is 78.5 Å². The molecular formula is C21H24ClN3O3. The van der Waals surface area contributed by atoms with Gasteiger partial charge in [-0.05, 0) is 31.7 Å². The molecule has 0 heterocycles.